The number of nitrogens with zero attached hydrogens (tertiary/aromatic N) is 3. The number of aromatic amines is 1. The van der Waals surface area contributed by atoms with Gasteiger partial charge in [-0.3, -0.25) is 4.98 Å². The molecule has 2 aromatic carbocycles. The first-order valence-electron chi connectivity index (χ1n) is 9.73. The van der Waals surface area contributed by atoms with Crippen LogP contribution in [0.25, 0.3) is 10.9 Å². The Hall–Kier alpha value is -3.47. The number of para-hydroxylation sites is 1. The fourth-order valence-electron chi connectivity index (χ4n) is 3.88. The van der Waals surface area contributed by atoms with Crippen LogP contribution in [-0.2, 0) is 0 Å². The fourth-order valence-corrected chi connectivity index (χ4v) is 3.88. The van der Waals surface area contributed by atoms with Gasteiger partial charge in [-0.25, -0.2) is 0 Å². The summed E-state index contributed by atoms with van der Waals surface area (Å²) in [7, 11) is 4.06. The maximum Gasteiger partial charge on any atom is 0.118 e. The molecule has 29 heavy (non-hydrogen) atoms. The first-order valence-corrected chi connectivity index (χ1v) is 9.73. The van der Waals surface area contributed by atoms with Gasteiger partial charge in [0.15, 0.2) is 0 Å². The minimum Gasteiger partial charge on any atom is -0.378 e. The third kappa shape index (κ3) is 3.90. The summed E-state index contributed by atoms with van der Waals surface area (Å²) < 4.78 is 0. The number of nitrogens with one attached hydrogen (secondary N) is 1. The normalized spacial score (nSPS) is 13.2. The summed E-state index contributed by atoms with van der Waals surface area (Å²) in [5, 5.41) is 4.64. The molecule has 0 aliphatic heterocycles. The molecule has 4 rings (SSSR count). The fraction of sp³-hybridized carbons (Fsp3) is 0.208. The highest BCUT2D eigenvalue weighted by Gasteiger charge is 2.24. The number of pyridine rings is 1. The minimum absolute atomic E-state index is 0.0400. The van der Waals surface area contributed by atoms with Crippen LogP contribution in [0.15, 0.2) is 84.4 Å². The van der Waals surface area contributed by atoms with E-state index in [2.05, 4.69) is 62.6 Å². The molecule has 0 aliphatic carbocycles. The first-order chi connectivity index (χ1) is 14.2. The van der Waals surface area contributed by atoms with Crippen molar-refractivity contribution in [3.05, 3.63) is 101 Å². The maximum absolute atomic E-state index is 11.8. The third-order valence-corrected chi connectivity index (χ3v) is 5.49. The Morgan fingerprint density at radius 3 is 2.38 bits per heavy atom. The Morgan fingerprint density at radius 1 is 0.966 bits per heavy atom. The van der Waals surface area contributed by atoms with Crippen molar-refractivity contribution in [2.75, 3.05) is 19.0 Å². The van der Waals surface area contributed by atoms with Crippen LogP contribution in [0.4, 0.5) is 5.69 Å². The summed E-state index contributed by atoms with van der Waals surface area (Å²) in [6.45, 7) is 0. The van der Waals surface area contributed by atoms with E-state index in [0.717, 1.165) is 16.8 Å². The van der Waals surface area contributed by atoms with Gasteiger partial charge in [-0.2, -0.15) is 4.91 Å². The number of H-pyrrole nitrogens is 1. The lowest BCUT2D eigenvalue weighted by atomic mass is 9.84. The number of aromatic nitrogens is 2. The maximum atomic E-state index is 11.8. The molecule has 0 saturated carbocycles. The second-order valence-electron chi connectivity index (χ2n) is 7.47. The van der Waals surface area contributed by atoms with Crippen molar-refractivity contribution >= 4 is 16.6 Å². The Morgan fingerprint density at radius 2 is 1.69 bits per heavy atom. The van der Waals surface area contributed by atoms with Crippen LogP contribution in [-0.4, -0.2) is 24.1 Å². The molecule has 0 radical (unpaired) electrons. The van der Waals surface area contributed by atoms with E-state index in [1.54, 1.807) is 12.4 Å². The Bertz CT molecular complexity index is 1090. The summed E-state index contributed by atoms with van der Waals surface area (Å²) in [5.74, 6) is 0.0400. The Labute approximate surface area is 170 Å². The second-order valence-corrected chi connectivity index (χ2v) is 7.47. The number of rotatable bonds is 7. The van der Waals surface area contributed by atoms with Crippen LogP contribution >= 0.6 is 0 Å². The van der Waals surface area contributed by atoms with Gasteiger partial charge in [0, 0.05) is 55.2 Å². The van der Waals surface area contributed by atoms with Gasteiger partial charge in [0.1, 0.15) is 6.04 Å². The number of benzene rings is 2. The summed E-state index contributed by atoms with van der Waals surface area (Å²) in [6, 6.07) is 20.1. The first kappa shape index (κ1) is 18.9. The number of fused-ring (bicyclic) bond motifs is 1. The third-order valence-electron chi connectivity index (χ3n) is 5.49. The predicted octanol–water partition coefficient (Wildman–Crippen LogP) is 5.66. The van der Waals surface area contributed by atoms with Crippen LogP contribution < -0.4 is 4.90 Å². The average Bonchev–Trinajstić information content (AvgIpc) is 3.19. The quantitative estimate of drug-likeness (QED) is 0.418. The number of hydrogen-bond acceptors (Lipinski definition) is 4. The molecule has 0 aliphatic rings. The van der Waals surface area contributed by atoms with Crippen LogP contribution in [0.2, 0.25) is 0 Å². The highest BCUT2D eigenvalue weighted by molar-refractivity contribution is 5.84. The van der Waals surface area contributed by atoms with E-state index in [-0.39, 0.29) is 5.92 Å². The van der Waals surface area contributed by atoms with Crippen LogP contribution in [0.5, 0.6) is 0 Å². The average molecular weight is 384 g/mol. The number of nitroso groups, excluding NO2 is 1. The molecule has 5 nitrogen and oxygen atoms in total. The molecular weight excluding hydrogens is 360 g/mol. The van der Waals surface area contributed by atoms with Gasteiger partial charge < -0.3 is 9.88 Å². The van der Waals surface area contributed by atoms with Crippen molar-refractivity contribution in [3.63, 3.8) is 0 Å². The molecule has 0 fully saturated rings. The van der Waals surface area contributed by atoms with E-state index in [9.17, 15) is 4.91 Å². The van der Waals surface area contributed by atoms with Gasteiger partial charge in [0.2, 0.25) is 0 Å². The molecule has 2 unspecified atom stereocenters. The molecule has 5 heteroatoms. The topological polar surface area (TPSA) is 61.4 Å². The van der Waals surface area contributed by atoms with Gasteiger partial charge >= 0.3 is 0 Å². The molecule has 0 bridgehead atoms. The van der Waals surface area contributed by atoms with E-state index in [4.69, 9.17) is 0 Å². The van der Waals surface area contributed by atoms with Crippen molar-refractivity contribution in [1.82, 2.24) is 9.97 Å². The minimum atomic E-state index is -0.440. The second kappa shape index (κ2) is 8.27. The van der Waals surface area contributed by atoms with E-state index in [0.29, 0.717) is 6.42 Å². The lowest BCUT2D eigenvalue weighted by Crippen LogP contribution is -2.10. The molecule has 2 heterocycles. The van der Waals surface area contributed by atoms with E-state index >= 15 is 0 Å². The SMILES string of the molecule is CN(C)c1ccc(C(CC(N=O)c2ccncc2)c2c[nH]c3ccccc23)cc1. The predicted molar refractivity (Wildman–Crippen MR) is 118 cm³/mol. The summed E-state index contributed by atoms with van der Waals surface area (Å²) in [4.78, 5) is 21.3. The summed E-state index contributed by atoms with van der Waals surface area (Å²) in [5.41, 5.74) is 5.48. The zero-order valence-corrected chi connectivity index (χ0v) is 16.6. The van der Waals surface area contributed by atoms with Crippen LogP contribution in [0, 0.1) is 4.91 Å². The molecule has 2 atom stereocenters. The van der Waals surface area contributed by atoms with Crippen molar-refractivity contribution in [2.24, 2.45) is 5.18 Å². The largest absolute Gasteiger partial charge is 0.378 e. The molecule has 0 spiro atoms. The smallest absolute Gasteiger partial charge is 0.118 e. The summed E-state index contributed by atoms with van der Waals surface area (Å²) in [6.07, 6.45) is 6.07. The lowest BCUT2D eigenvalue weighted by Gasteiger charge is -2.21. The van der Waals surface area contributed by atoms with E-state index in [1.807, 2.05) is 38.4 Å². The van der Waals surface area contributed by atoms with Crippen molar-refractivity contribution in [3.8, 4) is 0 Å². The van der Waals surface area contributed by atoms with Crippen molar-refractivity contribution in [2.45, 2.75) is 18.4 Å². The molecular formula is C24H24N4O. The van der Waals surface area contributed by atoms with E-state index < -0.39 is 6.04 Å². The summed E-state index contributed by atoms with van der Waals surface area (Å²) >= 11 is 0. The molecule has 4 aromatic rings. The Kier molecular flexibility index (Phi) is 5.38. The Balaban J connectivity index is 1.77. The molecule has 2 aromatic heterocycles. The molecule has 146 valence electrons. The monoisotopic (exact) mass is 384 g/mol. The van der Waals surface area contributed by atoms with Crippen LogP contribution in [0.3, 0.4) is 0 Å². The number of hydrogen-bond donors (Lipinski definition) is 1. The molecule has 0 amide bonds. The van der Waals surface area contributed by atoms with Crippen LogP contribution in [0.1, 0.15) is 35.1 Å². The van der Waals surface area contributed by atoms with E-state index in [1.165, 1.54) is 16.5 Å². The number of anilines is 1. The van der Waals surface area contributed by atoms with Gasteiger partial charge in [-0.15, -0.1) is 0 Å². The van der Waals surface area contributed by atoms with Gasteiger partial charge in [0.05, 0.1) is 0 Å². The lowest BCUT2D eigenvalue weighted by molar-refractivity contribution is 0.596. The molecule has 1 N–H and O–H groups in total. The van der Waals surface area contributed by atoms with Gasteiger partial charge in [0.25, 0.3) is 0 Å². The van der Waals surface area contributed by atoms with Gasteiger partial charge in [-0.1, -0.05) is 35.5 Å². The highest BCUT2D eigenvalue weighted by Crippen LogP contribution is 2.39. The highest BCUT2D eigenvalue weighted by atomic mass is 16.3. The molecule has 0 saturated heterocycles. The van der Waals surface area contributed by atoms with Crippen molar-refractivity contribution < 1.29 is 0 Å². The van der Waals surface area contributed by atoms with Crippen molar-refractivity contribution in [1.29, 1.82) is 0 Å². The zero-order valence-electron chi connectivity index (χ0n) is 16.6. The standard InChI is InChI=1S/C24H24N4O/c1-28(2)19-9-7-17(8-10-19)21(15-24(27-29)18-11-13-25-14-12-18)22-16-26-23-6-4-3-5-20(22)23/h3-14,16,21,24,26H,15H2,1-2H3. The van der Waals surface area contributed by atoms with Gasteiger partial charge in [-0.05, 0) is 53.4 Å². The zero-order chi connectivity index (χ0) is 20.2.